The number of likely N-dealkylation sites (tertiary alicyclic amines) is 1. The molecular weight excluding hydrogens is 427 g/mol. The van der Waals surface area contributed by atoms with Crippen molar-refractivity contribution in [3.05, 3.63) is 23.7 Å². The van der Waals surface area contributed by atoms with Crippen LogP contribution in [0.2, 0.25) is 0 Å². The summed E-state index contributed by atoms with van der Waals surface area (Å²) in [5.41, 5.74) is 0. The first-order chi connectivity index (χ1) is 11.7. The number of aliphatic imine (C=N–C) groups is 1. The Morgan fingerprint density at radius 2 is 1.96 bits per heavy atom. The Labute approximate surface area is 170 Å². The Kier molecular flexibility index (Phi) is 11.2. The second-order valence-corrected chi connectivity index (χ2v) is 6.78. The lowest BCUT2D eigenvalue weighted by atomic mass is 10.1. The summed E-state index contributed by atoms with van der Waals surface area (Å²) in [7, 11) is 1.81. The first-order valence-corrected chi connectivity index (χ1v) is 9.45. The highest BCUT2D eigenvalue weighted by Gasteiger charge is 2.11. The molecule has 1 aliphatic rings. The SMILES string of the molecule is CN=C(NCCCCCN1CCCCC1)NC(C)c1ccc(C)o1.I. The Morgan fingerprint density at radius 3 is 2.60 bits per heavy atom. The van der Waals surface area contributed by atoms with E-state index >= 15 is 0 Å². The van der Waals surface area contributed by atoms with Crippen molar-refractivity contribution < 1.29 is 4.42 Å². The van der Waals surface area contributed by atoms with Crippen LogP contribution < -0.4 is 10.6 Å². The van der Waals surface area contributed by atoms with Crippen LogP contribution in [-0.4, -0.2) is 44.1 Å². The van der Waals surface area contributed by atoms with Gasteiger partial charge in [-0.25, -0.2) is 0 Å². The van der Waals surface area contributed by atoms with Gasteiger partial charge in [0.1, 0.15) is 11.5 Å². The van der Waals surface area contributed by atoms with E-state index in [0.717, 1.165) is 24.0 Å². The van der Waals surface area contributed by atoms with E-state index in [1.54, 1.807) is 0 Å². The molecule has 2 heterocycles. The standard InChI is InChI=1S/C19H34N4O.HI/c1-16-10-11-18(24-16)17(2)22-19(20-3)21-12-6-4-7-13-23-14-8-5-9-15-23;/h10-11,17H,4-9,12-15H2,1-3H3,(H2,20,21,22);1H. The van der Waals surface area contributed by atoms with Gasteiger partial charge in [-0.3, -0.25) is 4.99 Å². The number of unbranched alkanes of at least 4 members (excludes halogenated alkanes) is 2. The van der Waals surface area contributed by atoms with Crippen molar-refractivity contribution in [2.45, 2.75) is 58.4 Å². The number of nitrogens with one attached hydrogen (secondary N) is 2. The van der Waals surface area contributed by atoms with Crippen LogP contribution in [0.3, 0.4) is 0 Å². The van der Waals surface area contributed by atoms with Gasteiger partial charge >= 0.3 is 0 Å². The molecule has 2 N–H and O–H groups in total. The van der Waals surface area contributed by atoms with Crippen LogP contribution in [0.4, 0.5) is 0 Å². The summed E-state index contributed by atoms with van der Waals surface area (Å²) < 4.78 is 5.66. The number of piperidine rings is 1. The molecular formula is C19H35IN4O. The number of hydrogen-bond acceptors (Lipinski definition) is 3. The van der Waals surface area contributed by atoms with Crippen molar-refractivity contribution in [1.29, 1.82) is 0 Å². The van der Waals surface area contributed by atoms with E-state index < -0.39 is 0 Å². The minimum Gasteiger partial charge on any atom is -0.464 e. The molecule has 1 aliphatic heterocycles. The largest absolute Gasteiger partial charge is 0.464 e. The van der Waals surface area contributed by atoms with Crippen molar-refractivity contribution >= 4 is 29.9 Å². The maximum absolute atomic E-state index is 5.66. The molecule has 1 atom stereocenters. The van der Waals surface area contributed by atoms with Gasteiger partial charge in [0.25, 0.3) is 0 Å². The molecule has 0 spiro atoms. The number of aryl methyl sites for hydroxylation is 1. The predicted octanol–water partition coefficient (Wildman–Crippen LogP) is 4.09. The van der Waals surface area contributed by atoms with Gasteiger partial charge in [-0.2, -0.15) is 0 Å². The van der Waals surface area contributed by atoms with E-state index in [0.29, 0.717) is 0 Å². The van der Waals surface area contributed by atoms with E-state index in [9.17, 15) is 0 Å². The fourth-order valence-corrected chi connectivity index (χ4v) is 3.18. The van der Waals surface area contributed by atoms with Crippen LogP contribution in [0, 0.1) is 6.92 Å². The van der Waals surface area contributed by atoms with Gasteiger partial charge in [0.2, 0.25) is 0 Å². The fraction of sp³-hybridized carbons (Fsp3) is 0.737. The number of halogens is 1. The summed E-state index contributed by atoms with van der Waals surface area (Å²) in [6.45, 7) is 8.89. The molecule has 0 bridgehead atoms. The molecule has 144 valence electrons. The number of guanidine groups is 1. The highest BCUT2D eigenvalue weighted by atomic mass is 127. The second-order valence-electron chi connectivity index (χ2n) is 6.78. The predicted molar refractivity (Wildman–Crippen MR) is 116 cm³/mol. The van der Waals surface area contributed by atoms with E-state index in [-0.39, 0.29) is 30.0 Å². The van der Waals surface area contributed by atoms with Crippen LogP contribution >= 0.6 is 24.0 Å². The molecule has 1 saturated heterocycles. The monoisotopic (exact) mass is 462 g/mol. The Bertz CT molecular complexity index is 497. The molecule has 0 radical (unpaired) electrons. The lowest BCUT2D eigenvalue weighted by Gasteiger charge is -2.26. The van der Waals surface area contributed by atoms with Gasteiger partial charge in [0.05, 0.1) is 6.04 Å². The number of rotatable bonds is 8. The Morgan fingerprint density at radius 1 is 1.20 bits per heavy atom. The average Bonchev–Trinajstić information content (AvgIpc) is 3.04. The lowest BCUT2D eigenvalue weighted by Crippen LogP contribution is -2.39. The van der Waals surface area contributed by atoms with Gasteiger partial charge in [-0.15, -0.1) is 24.0 Å². The number of nitrogens with zero attached hydrogens (tertiary/aromatic N) is 2. The Hall–Kier alpha value is -0.760. The van der Waals surface area contributed by atoms with Crippen molar-refractivity contribution in [2.75, 3.05) is 33.2 Å². The highest BCUT2D eigenvalue weighted by Crippen LogP contribution is 2.15. The smallest absolute Gasteiger partial charge is 0.191 e. The van der Waals surface area contributed by atoms with Gasteiger partial charge < -0.3 is 20.0 Å². The molecule has 5 nitrogen and oxygen atoms in total. The van der Waals surface area contributed by atoms with Crippen molar-refractivity contribution in [2.24, 2.45) is 4.99 Å². The summed E-state index contributed by atoms with van der Waals surface area (Å²) in [5.74, 6) is 2.72. The van der Waals surface area contributed by atoms with Gasteiger partial charge in [0, 0.05) is 13.6 Å². The zero-order valence-electron chi connectivity index (χ0n) is 16.0. The normalized spacial score (nSPS) is 17.0. The fourth-order valence-electron chi connectivity index (χ4n) is 3.18. The summed E-state index contributed by atoms with van der Waals surface area (Å²) in [6.07, 6.45) is 7.95. The highest BCUT2D eigenvalue weighted by molar-refractivity contribution is 14.0. The maximum Gasteiger partial charge on any atom is 0.191 e. The molecule has 0 aromatic carbocycles. The van der Waals surface area contributed by atoms with Crippen molar-refractivity contribution in [3.8, 4) is 0 Å². The molecule has 1 fully saturated rings. The average molecular weight is 462 g/mol. The summed E-state index contributed by atoms with van der Waals surface area (Å²) in [5, 5.41) is 6.77. The lowest BCUT2D eigenvalue weighted by molar-refractivity contribution is 0.224. The van der Waals surface area contributed by atoms with Crippen LogP contribution in [0.25, 0.3) is 0 Å². The van der Waals surface area contributed by atoms with Crippen LogP contribution in [0.1, 0.15) is 63.0 Å². The van der Waals surface area contributed by atoms with E-state index in [1.807, 2.05) is 26.1 Å². The molecule has 1 unspecified atom stereocenters. The molecule has 0 aliphatic carbocycles. The van der Waals surface area contributed by atoms with Gasteiger partial charge in [-0.05, 0) is 71.3 Å². The first-order valence-electron chi connectivity index (χ1n) is 9.45. The molecule has 25 heavy (non-hydrogen) atoms. The minimum absolute atomic E-state index is 0. The topological polar surface area (TPSA) is 52.8 Å². The number of hydrogen-bond donors (Lipinski definition) is 2. The third-order valence-corrected chi connectivity index (χ3v) is 4.66. The molecule has 2 rings (SSSR count). The van der Waals surface area contributed by atoms with Crippen LogP contribution in [0.5, 0.6) is 0 Å². The quantitative estimate of drug-likeness (QED) is 0.265. The van der Waals surface area contributed by atoms with Crippen molar-refractivity contribution in [3.63, 3.8) is 0 Å². The summed E-state index contributed by atoms with van der Waals surface area (Å²) in [4.78, 5) is 6.91. The third kappa shape index (κ3) is 8.44. The summed E-state index contributed by atoms with van der Waals surface area (Å²) in [6, 6.07) is 4.12. The molecule has 6 heteroatoms. The zero-order valence-corrected chi connectivity index (χ0v) is 18.3. The number of furan rings is 1. The molecule has 1 aromatic heterocycles. The Balaban J connectivity index is 0.00000312. The maximum atomic E-state index is 5.66. The van der Waals surface area contributed by atoms with E-state index in [4.69, 9.17) is 4.42 Å². The van der Waals surface area contributed by atoms with E-state index in [2.05, 4.69) is 27.4 Å². The summed E-state index contributed by atoms with van der Waals surface area (Å²) >= 11 is 0. The molecule has 0 saturated carbocycles. The van der Waals surface area contributed by atoms with E-state index in [1.165, 1.54) is 58.2 Å². The zero-order chi connectivity index (χ0) is 17.2. The van der Waals surface area contributed by atoms with Crippen molar-refractivity contribution in [1.82, 2.24) is 15.5 Å². The third-order valence-electron chi connectivity index (χ3n) is 4.66. The molecule has 1 aromatic rings. The molecule has 0 amide bonds. The first kappa shape index (κ1) is 22.3. The van der Waals surface area contributed by atoms with Crippen LogP contribution in [0.15, 0.2) is 21.5 Å². The van der Waals surface area contributed by atoms with Gasteiger partial charge in [-0.1, -0.05) is 12.8 Å². The van der Waals surface area contributed by atoms with Gasteiger partial charge in [0.15, 0.2) is 5.96 Å². The minimum atomic E-state index is 0. The van der Waals surface area contributed by atoms with Crippen LogP contribution in [-0.2, 0) is 0 Å². The second kappa shape index (κ2) is 12.6.